The molecule has 176 valence electrons. The normalized spacial score (nSPS) is 14.9. The van der Waals surface area contributed by atoms with Crippen LogP contribution in [0.2, 0.25) is 5.02 Å². The van der Waals surface area contributed by atoms with E-state index in [0.29, 0.717) is 39.0 Å². The van der Waals surface area contributed by atoms with E-state index in [-0.39, 0.29) is 5.91 Å². The zero-order valence-electron chi connectivity index (χ0n) is 18.8. The summed E-state index contributed by atoms with van der Waals surface area (Å²) in [6.07, 6.45) is 1.85. The molecule has 0 N–H and O–H groups in total. The largest absolute Gasteiger partial charge is 0.490 e. The number of benzene rings is 2. The highest BCUT2D eigenvalue weighted by atomic mass is 127. The number of rotatable bonds is 7. The summed E-state index contributed by atoms with van der Waals surface area (Å²) < 4.78 is 15.2. The monoisotopic (exact) mass is 624 g/mol. The average molecular weight is 625 g/mol. The van der Waals surface area contributed by atoms with E-state index in [9.17, 15) is 4.79 Å². The molecule has 1 aliphatic heterocycles. The summed E-state index contributed by atoms with van der Waals surface area (Å²) in [5.41, 5.74) is 3.75. The average Bonchev–Trinajstić information content (AvgIpc) is 3.25. The van der Waals surface area contributed by atoms with Gasteiger partial charge in [0.2, 0.25) is 0 Å². The van der Waals surface area contributed by atoms with Crippen molar-refractivity contribution in [2.24, 2.45) is 0 Å². The van der Waals surface area contributed by atoms with Gasteiger partial charge in [0, 0.05) is 16.4 Å². The van der Waals surface area contributed by atoms with Crippen LogP contribution in [-0.2, 0) is 11.4 Å². The lowest BCUT2D eigenvalue weighted by Crippen LogP contribution is -2.39. The van der Waals surface area contributed by atoms with E-state index < -0.39 is 0 Å². The fourth-order valence-corrected chi connectivity index (χ4v) is 5.72. The van der Waals surface area contributed by atoms with Crippen LogP contribution in [0.5, 0.6) is 11.5 Å². The Kier molecular flexibility index (Phi) is 7.91. The lowest BCUT2D eigenvalue weighted by molar-refractivity contribution is -0.114. The number of hydrogen-bond donors (Lipinski definition) is 0. The van der Waals surface area contributed by atoms with Gasteiger partial charge in [0.1, 0.15) is 6.61 Å². The van der Waals surface area contributed by atoms with E-state index in [2.05, 4.69) is 22.6 Å². The van der Waals surface area contributed by atoms with Gasteiger partial charge in [-0.25, -0.2) is 0 Å². The van der Waals surface area contributed by atoms with Crippen LogP contribution in [0.3, 0.4) is 0 Å². The summed E-state index contributed by atoms with van der Waals surface area (Å²) in [6.45, 7) is 6.71. The first kappa shape index (κ1) is 25.1. The SMILES string of the molecule is CCOc1cc(/C=C2/SC(=S)N(n3c(C)ccc3C)C2=O)cc(I)c1OCc1ccc(Cl)cc1. The fourth-order valence-electron chi connectivity index (χ4n) is 3.57. The highest BCUT2D eigenvalue weighted by Gasteiger charge is 2.34. The number of carbonyl (C=O) groups is 1. The predicted molar refractivity (Wildman–Crippen MR) is 151 cm³/mol. The van der Waals surface area contributed by atoms with Gasteiger partial charge in [0.15, 0.2) is 15.8 Å². The Bertz CT molecular complexity index is 1270. The minimum absolute atomic E-state index is 0.145. The van der Waals surface area contributed by atoms with Crippen molar-refractivity contribution in [2.45, 2.75) is 27.4 Å². The summed E-state index contributed by atoms with van der Waals surface area (Å²) >= 11 is 15.0. The van der Waals surface area contributed by atoms with Crippen LogP contribution in [0.15, 0.2) is 53.4 Å². The van der Waals surface area contributed by atoms with Crippen molar-refractivity contribution in [1.82, 2.24) is 4.68 Å². The van der Waals surface area contributed by atoms with Crippen molar-refractivity contribution < 1.29 is 14.3 Å². The Morgan fingerprint density at radius 2 is 1.76 bits per heavy atom. The van der Waals surface area contributed by atoms with Gasteiger partial charge in [-0.1, -0.05) is 35.5 Å². The Labute approximate surface area is 227 Å². The van der Waals surface area contributed by atoms with Crippen LogP contribution in [0.25, 0.3) is 6.08 Å². The van der Waals surface area contributed by atoms with Gasteiger partial charge in [-0.15, -0.1) is 0 Å². The minimum atomic E-state index is -0.145. The zero-order chi connectivity index (χ0) is 24.4. The zero-order valence-corrected chi connectivity index (χ0v) is 23.3. The van der Waals surface area contributed by atoms with Crippen molar-refractivity contribution >= 4 is 74.5 Å². The number of ether oxygens (including phenoxy) is 2. The Morgan fingerprint density at radius 3 is 2.41 bits per heavy atom. The van der Waals surface area contributed by atoms with E-state index in [4.69, 9.17) is 33.3 Å². The number of hydrogen-bond acceptors (Lipinski definition) is 5. The Morgan fingerprint density at radius 1 is 1.09 bits per heavy atom. The lowest BCUT2D eigenvalue weighted by atomic mass is 10.1. The first-order valence-corrected chi connectivity index (χ1v) is 13.2. The third-order valence-electron chi connectivity index (χ3n) is 5.13. The molecule has 1 saturated heterocycles. The molecule has 1 aromatic heterocycles. The molecule has 0 spiro atoms. The second kappa shape index (κ2) is 10.7. The van der Waals surface area contributed by atoms with Gasteiger partial charge < -0.3 is 9.47 Å². The summed E-state index contributed by atoms with van der Waals surface area (Å²) in [5.74, 6) is 1.15. The number of carbonyl (C=O) groups excluding carboxylic acids is 1. The molecule has 1 amide bonds. The van der Waals surface area contributed by atoms with E-state index in [0.717, 1.165) is 26.1 Å². The summed E-state index contributed by atoms with van der Waals surface area (Å²) in [5, 5.41) is 2.24. The number of aryl methyl sites for hydroxylation is 2. The maximum absolute atomic E-state index is 13.2. The second-order valence-electron chi connectivity index (χ2n) is 7.60. The van der Waals surface area contributed by atoms with Crippen molar-refractivity contribution in [3.05, 3.63) is 84.5 Å². The second-order valence-corrected chi connectivity index (χ2v) is 10.9. The van der Waals surface area contributed by atoms with Crippen LogP contribution >= 0.6 is 58.2 Å². The molecule has 3 aromatic rings. The Hall–Kier alpha value is -2.01. The van der Waals surface area contributed by atoms with Gasteiger partial charge in [0.05, 0.1) is 15.1 Å². The highest BCUT2D eigenvalue weighted by molar-refractivity contribution is 14.1. The third kappa shape index (κ3) is 5.30. The quantitative estimate of drug-likeness (QED) is 0.163. The highest BCUT2D eigenvalue weighted by Crippen LogP contribution is 2.38. The molecule has 1 aliphatic rings. The molecular formula is C25H22ClIN2O3S2. The van der Waals surface area contributed by atoms with Crippen LogP contribution in [-0.4, -0.2) is 21.5 Å². The summed E-state index contributed by atoms with van der Waals surface area (Å²) in [6, 6.07) is 15.3. The van der Waals surface area contributed by atoms with Crippen LogP contribution in [0.1, 0.15) is 29.4 Å². The van der Waals surface area contributed by atoms with Gasteiger partial charge in [-0.3, -0.25) is 9.47 Å². The maximum Gasteiger partial charge on any atom is 0.285 e. The first-order valence-electron chi connectivity index (χ1n) is 10.5. The molecule has 0 aliphatic carbocycles. The first-order chi connectivity index (χ1) is 16.3. The molecule has 2 heterocycles. The predicted octanol–water partition coefficient (Wildman–Crippen LogP) is 6.88. The van der Waals surface area contributed by atoms with E-state index in [1.165, 1.54) is 11.8 Å². The van der Waals surface area contributed by atoms with E-state index in [1.807, 2.05) is 80.1 Å². The Balaban J connectivity index is 1.61. The number of thiocarbonyl (C=S) groups is 1. The molecular weight excluding hydrogens is 603 g/mol. The van der Waals surface area contributed by atoms with Crippen LogP contribution in [0, 0.1) is 17.4 Å². The molecule has 0 saturated carbocycles. The number of nitrogens with zero attached hydrogens (tertiary/aromatic N) is 2. The molecule has 9 heteroatoms. The third-order valence-corrected chi connectivity index (χ3v) is 7.47. The standard InChI is InChI=1S/C25H22ClIN2O3S2/c1-4-31-21-12-18(11-20(27)23(21)32-14-17-7-9-19(26)10-8-17)13-22-24(30)29(25(33)34-22)28-15(2)5-6-16(28)3/h5-13H,4,14H2,1-3H3/b22-13+. The summed E-state index contributed by atoms with van der Waals surface area (Å²) in [4.78, 5) is 13.8. The minimum Gasteiger partial charge on any atom is -0.490 e. The van der Waals surface area contributed by atoms with Crippen molar-refractivity contribution in [3.8, 4) is 11.5 Å². The molecule has 2 aromatic carbocycles. The number of amides is 1. The van der Waals surface area contributed by atoms with Gasteiger partial charge in [0.25, 0.3) is 5.91 Å². The number of halogens is 2. The van der Waals surface area contributed by atoms with Crippen molar-refractivity contribution in [2.75, 3.05) is 11.6 Å². The van der Waals surface area contributed by atoms with Gasteiger partial charge in [-0.05, 0) is 109 Å². The van der Waals surface area contributed by atoms with E-state index >= 15 is 0 Å². The topological polar surface area (TPSA) is 43.7 Å². The van der Waals surface area contributed by atoms with Crippen molar-refractivity contribution in [3.63, 3.8) is 0 Å². The molecule has 4 rings (SSSR count). The van der Waals surface area contributed by atoms with Crippen LogP contribution < -0.4 is 14.5 Å². The maximum atomic E-state index is 13.2. The molecule has 1 fully saturated rings. The molecule has 0 unspecified atom stereocenters. The van der Waals surface area contributed by atoms with Crippen LogP contribution in [0.4, 0.5) is 0 Å². The molecule has 0 radical (unpaired) electrons. The van der Waals surface area contributed by atoms with E-state index in [1.54, 1.807) is 5.01 Å². The smallest absolute Gasteiger partial charge is 0.285 e. The summed E-state index contributed by atoms with van der Waals surface area (Å²) in [7, 11) is 0. The molecule has 5 nitrogen and oxygen atoms in total. The lowest BCUT2D eigenvalue weighted by Gasteiger charge is -2.20. The number of thioether (sulfide) groups is 1. The molecule has 0 bridgehead atoms. The van der Waals surface area contributed by atoms with Crippen molar-refractivity contribution in [1.29, 1.82) is 0 Å². The van der Waals surface area contributed by atoms with Gasteiger partial charge >= 0.3 is 0 Å². The fraction of sp³-hybridized carbons (Fsp3) is 0.200. The van der Waals surface area contributed by atoms with Gasteiger partial charge in [-0.2, -0.15) is 5.01 Å². The number of aromatic nitrogens is 1. The molecule has 34 heavy (non-hydrogen) atoms. The molecule has 0 atom stereocenters.